The van der Waals surface area contributed by atoms with Crippen molar-refractivity contribution in [3.8, 4) is 0 Å². The summed E-state index contributed by atoms with van der Waals surface area (Å²) >= 11 is 0. The van der Waals surface area contributed by atoms with Gasteiger partial charge in [0.25, 0.3) is 0 Å². The number of benzene rings is 3. The summed E-state index contributed by atoms with van der Waals surface area (Å²) in [6.45, 7) is 30.3. The Kier molecular flexibility index (Phi) is 15.8. The first-order valence-electron chi connectivity index (χ1n) is 18.5. The molecule has 0 amide bonds. The van der Waals surface area contributed by atoms with Crippen LogP contribution in [0.2, 0.25) is 0 Å². The van der Waals surface area contributed by atoms with Crippen LogP contribution in [0.5, 0.6) is 0 Å². The van der Waals surface area contributed by atoms with Crippen molar-refractivity contribution in [2.75, 3.05) is 18.2 Å². The molecule has 6 heteroatoms. The van der Waals surface area contributed by atoms with Crippen LogP contribution >= 0.6 is 23.8 Å². The number of rotatable bonds is 13. The summed E-state index contributed by atoms with van der Waals surface area (Å²) in [5, 5.41) is 4.84. The molecule has 0 aliphatic carbocycles. The van der Waals surface area contributed by atoms with E-state index in [4.69, 9.17) is 5.32 Å². The van der Waals surface area contributed by atoms with E-state index >= 15 is 0 Å². The van der Waals surface area contributed by atoms with Crippen molar-refractivity contribution in [1.82, 2.24) is 0 Å². The first kappa shape index (κ1) is 40.9. The van der Waals surface area contributed by atoms with Crippen LogP contribution in [0.15, 0.2) is 78.9 Å². The zero-order valence-electron chi connectivity index (χ0n) is 31.6. The Labute approximate surface area is 304 Å². The smallest absolute Gasteiger partial charge is 0.641 e. The predicted molar refractivity (Wildman–Crippen MR) is 222 cm³/mol. The van der Waals surface area contributed by atoms with Gasteiger partial charge in [-0.25, -0.2) is 0 Å². The zero-order chi connectivity index (χ0) is 33.8. The molecule has 0 saturated heterocycles. The second-order valence-corrected chi connectivity index (χ2v) is 28.0. The van der Waals surface area contributed by atoms with E-state index in [1.807, 2.05) is 0 Å². The van der Waals surface area contributed by atoms with Crippen molar-refractivity contribution in [2.24, 2.45) is 0 Å². The van der Waals surface area contributed by atoms with Gasteiger partial charge in [-0.2, -0.15) is 5.46 Å². The minimum absolute atomic E-state index is 0. The summed E-state index contributed by atoms with van der Waals surface area (Å²) in [7, 11) is -1.24. The van der Waals surface area contributed by atoms with Crippen molar-refractivity contribution in [3.63, 3.8) is 0 Å². The molecule has 2 heterocycles. The van der Waals surface area contributed by atoms with Crippen molar-refractivity contribution < 1.29 is 17.1 Å². The SMILES string of the molecule is CC(C)[PH+](C[B-](C[PH+](C(C)C)C(C)C)(C[PH+](C(C)C)C(C)C)c1ccccc1)C(C)C.[Mn+2].c1ccc2c(c1)C1[N-]C2c2ccccc21. The molecule has 0 atom stereocenters. The summed E-state index contributed by atoms with van der Waals surface area (Å²) in [6, 6.07) is 34.4. The van der Waals surface area contributed by atoms with Gasteiger partial charge in [0.15, 0.2) is 0 Å². The van der Waals surface area contributed by atoms with Gasteiger partial charge in [0, 0.05) is 0 Å². The third-order valence-electron chi connectivity index (χ3n) is 11.3. The van der Waals surface area contributed by atoms with Crippen molar-refractivity contribution >= 4 is 35.4 Å². The van der Waals surface area contributed by atoms with Gasteiger partial charge in [-0.3, -0.25) is 0 Å². The van der Waals surface area contributed by atoms with E-state index in [1.165, 1.54) is 40.4 Å². The second kappa shape index (κ2) is 18.1. The Balaban J connectivity index is 0.000000306. The quantitative estimate of drug-likeness (QED) is 0.123. The summed E-state index contributed by atoms with van der Waals surface area (Å²) in [6.07, 6.45) is -0.509. The molecule has 0 unspecified atom stereocenters. The largest absolute Gasteiger partial charge is 2.00 e. The Bertz CT molecular complexity index is 1200. The van der Waals surface area contributed by atoms with E-state index < -0.39 is 29.9 Å². The number of hydrogen-bond donors (Lipinski definition) is 0. The predicted octanol–water partition coefficient (Wildman–Crippen LogP) is 11.6. The van der Waals surface area contributed by atoms with E-state index in [0.29, 0.717) is 12.1 Å². The van der Waals surface area contributed by atoms with Crippen LogP contribution in [0, 0.1) is 0 Å². The topological polar surface area (TPSA) is 14.1 Å². The van der Waals surface area contributed by atoms with Crippen molar-refractivity contribution in [3.05, 3.63) is 106 Å². The summed E-state index contributed by atoms with van der Waals surface area (Å²) < 4.78 is 0. The average molecular weight is 732 g/mol. The van der Waals surface area contributed by atoms with Crippen LogP contribution in [-0.4, -0.2) is 58.3 Å². The summed E-state index contributed by atoms with van der Waals surface area (Å²) in [4.78, 5) is 0. The molecule has 1 radical (unpaired) electrons. The molecule has 2 aliphatic heterocycles. The van der Waals surface area contributed by atoms with Gasteiger partial charge in [-0.15, -0.1) is 0 Å². The minimum Gasteiger partial charge on any atom is -0.641 e. The molecule has 47 heavy (non-hydrogen) atoms. The standard InChI is InChI=1S/C27H53BP3.C14H10N.Mn/c1-21(2)29(22(3)4)18-28(27-16-14-13-15-17-27,19-30(23(5)6)24(7)8)20-31(25(9)10)26(11)12;1-2-6-10-9(5-1)13-11-7-3-4-8-12(11)14(10)15-13;/h13-17,21-26H,18-20H2,1-12H3;1-8,13-14H;/q2*-1;+2/p+3. The molecule has 2 bridgehead atoms. The third-order valence-corrected chi connectivity index (χ3v) is 24.0. The first-order chi connectivity index (χ1) is 21.8. The Hall–Kier alpha value is -0.506. The molecular weight excluding hydrogens is 665 g/mol. The van der Waals surface area contributed by atoms with Crippen LogP contribution in [0.4, 0.5) is 0 Å². The van der Waals surface area contributed by atoms with Gasteiger partial charge in [0.05, 0.1) is 34.0 Å². The average Bonchev–Trinajstić information content (AvgIpc) is 3.59. The van der Waals surface area contributed by atoms with Gasteiger partial charge >= 0.3 is 17.1 Å². The molecule has 3 aromatic carbocycles. The molecule has 0 N–H and O–H groups in total. The zero-order valence-corrected chi connectivity index (χ0v) is 35.8. The molecule has 0 spiro atoms. The fraction of sp³-hybridized carbons (Fsp3) is 0.561. The Morgan fingerprint density at radius 3 is 0.957 bits per heavy atom. The number of hydrogen-bond acceptors (Lipinski definition) is 0. The van der Waals surface area contributed by atoms with Crippen LogP contribution in [0.25, 0.3) is 5.32 Å². The molecule has 0 fully saturated rings. The Morgan fingerprint density at radius 2 is 0.702 bits per heavy atom. The van der Waals surface area contributed by atoms with E-state index in [9.17, 15) is 0 Å². The summed E-state index contributed by atoms with van der Waals surface area (Å²) in [5.74, 6) is 0. The molecule has 257 valence electrons. The van der Waals surface area contributed by atoms with Gasteiger partial charge in [0.1, 0.15) is 6.15 Å². The van der Waals surface area contributed by atoms with E-state index in [-0.39, 0.29) is 17.1 Å². The van der Waals surface area contributed by atoms with Crippen molar-refractivity contribution in [1.29, 1.82) is 0 Å². The second-order valence-electron chi connectivity index (χ2n) is 16.4. The van der Waals surface area contributed by atoms with Crippen molar-refractivity contribution in [2.45, 2.75) is 129 Å². The molecule has 1 nitrogen and oxygen atoms in total. The molecule has 3 aromatic rings. The fourth-order valence-electron chi connectivity index (χ4n) is 9.02. The van der Waals surface area contributed by atoms with E-state index in [0.717, 1.165) is 34.0 Å². The van der Waals surface area contributed by atoms with Crippen LogP contribution in [0.3, 0.4) is 0 Å². The van der Waals surface area contributed by atoms with Crippen LogP contribution in [0.1, 0.15) is 117 Å². The number of nitrogens with zero attached hydrogens (tertiary/aromatic N) is 1. The van der Waals surface area contributed by atoms with E-state index in [2.05, 4.69) is 162 Å². The van der Waals surface area contributed by atoms with Crippen LogP contribution in [-0.2, 0) is 17.1 Å². The van der Waals surface area contributed by atoms with Gasteiger partial charge < -0.3 is 5.32 Å². The maximum atomic E-state index is 4.84. The van der Waals surface area contributed by atoms with E-state index in [1.54, 1.807) is 5.46 Å². The Morgan fingerprint density at radius 1 is 0.447 bits per heavy atom. The maximum Gasteiger partial charge on any atom is 2.00 e. The fourth-order valence-corrected chi connectivity index (χ4v) is 21.0. The van der Waals surface area contributed by atoms with Gasteiger partial charge in [-0.05, 0) is 107 Å². The monoisotopic (exact) mass is 731 g/mol. The first-order valence-corrected chi connectivity index (χ1v) is 24.1. The molecular formula is C41H66BMnNP3+3. The molecule has 0 aromatic heterocycles. The molecule has 2 aliphatic rings. The summed E-state index contributed by atoms with van der Waals surface area (Å²) in [5.41, 5.74) is 12.5. The molecule has 5 rings (SSSR count). The van der Waals surface area contributed by atoms with Gasteiger partial charge in [0.2, 0.25) is 0 Å². The number of fused-ring (bicyclic) bond motifs is 8. The maximum absolute atomic E-state index is 4.84. The van der Waals surface area contributed by atoms with Gasteiger partial charge in [-0.1, -0.05) is 131 Å². The van der Waals surface area contributed by atoms with Crippen LogP contribution < -0.4 is 5.46 Å². The third kappa shape index (κ3) is 9.64. The minimum atomic E-state index is -0.509. The molecule has 0 saturated carbocycles. The normalized spacial score (nSPS) is 17.0.